The quantitative estimate of drug-likeness (QED) is 0.667. The molecule has 2 aromatic carbocycles. The third kappa shape index (κ3) is 2.63. The highest BCUT2D eigenvalue weighted by Crippen LogP contribution is 2.20. The number of pyridine rings is 1. The van der Waals surface area contributed by atoms with E-state index in [0.717, 1.165) is 20.8 Å². The van der Waals surface area contributed by atoms with E-state index in [0.29, 0.717) is 12.1 Å². The van der Waals surface area contributed by atoms with Crippen molar-refractivity contribution in [1.82, 2.24) is 4.98 Å². The van der Waals surface area contributed by atoms with Crippen LogP contribution < -0.4 is 0 Å². The Morgan fingerprint density at radius 1 is 1.00 bits per heavy atom. The molecule has 98 valence electrons. The number of ketones is 1. The van der Waals surface area contributed by atoms with Crippen LogP contribution in [-0.4, -0.2) is 10.8 Å². The zero-order chi connectivity index (χ0) is 13.9. The number of Topliss-reactive ketones (excluding diaryl/α,β-unsaturated/α-hetero) is 1. The molecule has 0 radical (unpaired) electrons. The fraction of sp³-hybridized carbons (Fsp3) is 0.0588. The summed E-state index contributed by atoms with van der Waals surface area (Å²) >= 11 is 3.32. The van der Waals surface area contributed by atoms with Crippen molar-refractivity contribution in [1.29, 1.82) is 0 Å². The highest BCUT2D eigenvalue weighted by atomic mass is 79.9. The van der Waals surface area contributed by atoms with E-state index in [1.807, 2.05) is 36.4 Å². The van der Waals surface area contributed by atoms with E-state index in [2.05, 4.69) is 33.0 Å². The van der Waals surface area contributed by atoms with Gasteiger partial charge in [0, 0.05) is 17.1 Å². The number of hydrogen-bond acceptors (Lipinski definition) is 2. The van der Waals surface area contributed by atoms with Crippen LogP contribution >= 0.6 is 15.9 Å². The van der Waals surface area contributed by atoms with Crippen molar-refractivity contribution in [3.63, 3.8) is 0 Å². The Labute approximate surface area is 125 Å². The van der Waals surface area contributed by atoms with Gasteiger partial charge in [-0.2, -0.15) is 0 Å². The molecule has 0 fully saturated rings. The summed E-state index contributed by atoms with van der Waals surface area (Å²) in [6.45, 7) is 0. The van der Waals surface area contributed by atoms with Gasteiger partial charge in [-0.15, -0.1) is 0 Å². The van der Waals surface area contributed by atoms with E-state index in [1.165, 1.54) is 0 Å². The lowest BCUT2D eigenvalue weighted by atomic mass is 9.99. The van der Waals surface area contributed by atoms with Crippen molar-refractivity contribution in [2.24, 2.45) is 0 Å². The molecule has 0 bridgehead atoms. The Hall–Kier alpha value is -2.00. The second kappa shape index (κ2) is 5.55. The van der Waals surface area contributed by atoms with Gasteiger partial charge in [-0.1, -0.05) is 42.5 Å². The number of aromatic nitrogens is 1. The van der Waals surface area contributed by atoms with Crippen molar-refractivity contribution in [2.45, 2.75) is 6.42 Å². The van der Waals surface area contributed by atoms with Crippen LogP contribution in [0, 0.1) is 0 Å². The van der Waals surface area contributed by atoms with Crippen molar-refractivity contribution in [3.8, 4) is 0 Å². The Morgan fingerprint density at radius 2 is 1.80 bits per heavy atom. The summed E-state index contributed by atoms with van der Waals surface area (Å²) in [5.41, 5.74) is 1.54. The summed E-state index contributed by atoms with van der Waals surface area (Å²) < 4.78 is 0.874. The molecule has 0 aliphatic carbocycles. The van der Waals surface area contributed by atoms with Crippen LogP contribution in [0.1, 0.15) is 16.1 Å². The fourth-order valence-electron chi connectivity index (χ4n) is 2.25. The fourth-order valence-corrected chi connectivity index (χ4v) is 2.49. The minimum absolute atomic E-state index is 0.0360. The number of carbonyl (C=O) groups is 1. The molecule has 3 rings (SSSR count). The summed E-state index contributed by atoms with van der Waals surface area (Å²) in [7, 11) is 0. The molecule has 2 nitrogen and oxygen atoms in total. The molecule has 0 amide bonds. The van der Waals surface area contributed by atoms with Gasteiger partial charge in [-0.3, -0.25) is 9.78 Å². The summed E-state index contributed by atoms with van der Waals surface area (Å²) in [6, 6.07) is 17.7. The lowest BCUT2D eigenvalue weighted by Crippen LogP contribution is -2.06. The SMILES string of the molecule is O=C(Cc1cccc2ccccc12)c1ccc(Br)cn1. The Morgan fingerprint density at radius 3 is 2.60 bits per heavy atom. The first-order valence-electron chi connectivity index (χ1n) is 6.35. The van der Waals surface area contributed by atoms with Gasteiger partial charge in [0.05, 0.1) is 0 Å². The highest BCUT2D eigenvalue weighted by Gasteiger charge is 2.10. The Balaban J connectivity index is 1.93. The monoisotopic (exact) mass is 325 g/mol. The molecule has 0 N–H and O–H groups in total. The molecule has 0 aliphatic rings. The van der Waals surface area contributed by atoms with Crippen molar-refractivity contribution < 1.29 is 4.79 Å². The maximum Gasteiger partial charge on any atom is 0.185 e. The molecule has 0 aliphatic heterocycles. The summed E-state index contributed by atoms with van der Waals surface area (Å²) in [4.78, 5) is 16.4. The lowest BCUT2D eigenvalue weighted by molar-refractivity contribution is 0.0988. The molecule has 0 unspecified atom stereocenters. The molecular formula is C17H12BrNO. The molecule has 0 saturated heterocycles. The predicted molar refractivity (Wildman–Crippen MR) is 83.9 cm³/mol. The number of nitrogens with zero attached hydrogens (tertiary/aromatic N) is 1. The molecule has 1 heterocycles. The first kappa shape index (κ1) is 13.0. The summed E-state index contributed by atoms with van der Waals surface area (Å²) in [6.07, 6.45) is 2.02. The normalized spacial score (nSPS) is 10.7. The number of carbonyl (C=O) groups excluding carboxylic acids is 1. The van der Waals surface area contributed by atoms with Gasteiger partial charge in [-0.05, 0) is 44.4 Å². The first-order chi connectivity index (χ1) is 9.74. The highest BCUT2D eigenvalue weighted by molar-refractivity contribution is 9.10. The van der Waals surface area contributed by atoms with E-state index < -0.39 is 0 Å². The molecule has 3 aromatic rings. The van der Waals surface area contributed by atoms with Crippen LogP contribution in [0.5, 0.6) is 0 Å². The van der Waals surface area contributed by atoms with Gasteiger partial charge in [-0.25, -0.2) is 0 Å². The van der Waals surface area contributed by atoms with E-state index in [1.54, 1.807) is 12.3 Å². The van der Waals surface area contributed by atoms with E-state index in [9.17, 15) is 4.79 Å². The topological polar surface area (TPSA) is 30.0 Å². The molecular weight excluding hydrogens is 314 g/mol. The zero-order valence-electron chi connectivity index (χ0n) is 10.7. The van der Waals surface area contributed by atoms with E-state index >= 15 is 0 Å². The standard InChI is InChI=1S/C17H12BrNO/c18-14-8-9-16(19-11-14)17(20)10-13-6-3-5-12-4-1-2-7-15(12)13/h1-9,11H,10H2. The molecule has 20 heavy (non-hydrogen) atoms. The van der Waals surface area contributed by atoms with Crippen LogP contribution in [0.25, 0.3) is 10.8 Å². The average Bonchev–Trinajstić information content (AvgIpc) is 2.48. The summed E-state index contributed by atoms with van der Waals surface area (Å²) in [5, 5.41) is 2.28. The molecule has 0 saturated carbocycles. The van der Waals surface area contributed by atoms with Gasteiger partial charge in [0.1, 0.15) is 5.69 Å². The zero-order valence-corrected chi connectivity index (χ0v) is 12.3. The van der Waals surface area contributed by atoms with E-state index in [4.69, 9.17) is 0 Å². The minimum atomic E-state index is 0.0360. The lowest BCUT2D eigenvalue weighted by Gasteiger charge is -2.05. The largest absolute Gasteiger partial charge is 0.292 e. The second-order valence-corrected chi connectivity index (χ2v) is 5.52. The maximum atomic E-state index is 12.3. The third-order valence-electron chi connectivity index (χ3n) is 3.24. The van der Waals surface area contributed by atoms with Crippen LogP contribution in [0.3, 0.4) is 0 Å². The predicted octanol–water partition coefficient (Wildman–Crippen LogP) is 4.42. The average molecular weight is 326 g/mol. The van der Waals surface area contributed by atoms with Crippen LogP contribution in [-0.2, 0) is 6.42 Å². The van der Waals surface area contributed by atoms with Crippen molar-refractivity contribution >= 4 is 32.5 Å². The molecule has 0 spiro atoms. The van der Waals surface area contributed by atoms with Crippen LogP contribution in [0.4, 0.5) is 0 Å². The first-order valence-corrected chi connectivity index (χ1v) is 7.15. The van der Waals surface area contributed by atoms with Crippen LogP contribution in [0.2, 0.25) is 0 Å². The van der Waals surface area contributed by atoms with Gasteiger partial charge in [0.25, 0.3) is 0 Å². The number of benzene rings is 2. The van der Waals surface area contributed by atoms with Gasteiger partial charge in [0.15, 0.2) is 5.78 Å². The van der Waals surface area contributed by atoms with Crippen LogP contribution in [0.15, 0.2) is 65.3 Å². The van der Waals surface area contributed by atoms with Crippen molar-refractivity contribution in [3.05, 3.63) is 76.5 Å². The Kier molecular flexibility index (Phi) is 3.61. The molecule has 0 atom stereocenters. The number of fused-ring (bicyclic) bond motifs is 1. The van der Waals surface area contributed by atoms with Gasteiger partial charge < -0.3 is 0 Å². The number of rotatable bonds is 3. The second-order valence-electron chi connectivity index (χ2n) is 4.60. The minimum Gasteiger partial charge on any atom is -0.292 e. The van der Waals surface area contributed by atoms with E-state index in [-0.39, 0.29) is 5.78 Å². The van der Waals surface area contributed by atoms with Gasteiger partial charge in [0.2, 0.25) is 0 Å². The number of hydrogen-bond donors (Lipinski definition) is 0. The molecule has 1 aromatic heterocycles. The van der Waals surface area contributed by atoms with Gasteiger partial charge >= 0.3 is 0 Å². The third-order valence-corrected chi connectivity index (χ3v) is 3.71. The smallest absolute Gasteiger partial charge is 0.185 e. The summed E-state index contributed by atoms with van der Waals surface area (Å²) in [5.74, 6) is 0.0360. The number of halogens is 1. The maximum absolute atomic E-state index is 12.3. The van der Waals surface area contributed by atoms with Crippen molar-refractivity contribution in [2.75, 3.05) is 0 Å². The molecule has 3 heteroatoms. The Bertz CT molecular complexity index is 760.